The summed E-state index contributed by atoms with van der Waals surface area (Å²) in [6.45, 7) is 4.34. The van der Waals surface area contributed by atoms with Crippen LogP contribution in [-0.4, -0.2) is 31.4 Å². The van der Waals surface area contributed by atoms with Gasteiger partial charge in [-0.05, 0) is 50.6 Å². The number of piperidine rings is 1. The molecule has 2 amide bonds. The Morgan fingerprint density at radius 1 is 1.30 bits per heavy atom. The molecular weight excluding hydrogens is 337 g/mol. The summed E-state index contributed by atoms with van der Waals surface area (Å²) in [7, 11) is 0. The summed E-state index contributed by atoms with van der Waals surface area (Å²) >= 11 is 6.15. The summed E-state index contributed by atoms with van der Waals surface area (Å²) < 4.78 is 0. The smallest absolute Gasteiger partial charge is 0.252 e. The van der Waals surface area contributed by atoms with Crippen LogP contribution in [0.4, 0.5) is 5.69 Å². The van der Waals surface area contributed by atoms with Gasteiger partial charge in [0.1, 0.15) is 0 Å². The van der Waals surface area contributed by atoms with Crippen LogP contribution >= 0.6 is 24.0 Å². The van der Waals surface area contributed by atoms with Crippen molar-refractivity contribution in [2.24, 2.45) is 5.92 Å². The summed E-state index contributed by atoms with van der Waals surface area (Å²) in [5, 5.41) is 9.24. The van der Waals surface area contributed by atoms with E-state index in [1.54, 1.807) is 18.2 Å². The zero-order chi connectivity index (χ0) is 15.9. The molecule has 0 spiro atoms. The Morgan fingerprint density at radius 2 is 2.00 bits per heavy atom. The second-order valence-corrected chi connectivity index (χ2v) is 5.87. The SMILES string of the molecule is CCCNC(=O)c1ccc(NC(=O)C2CCNCC2)cc1Cl.Cl. The first kappa shape index (κ1) is 19.7. The number of nitrogens with one attached hydrogen (secondary N) is 3. The van der Waals surface area contributed by atoms with Crippen LogP contribution in [0.3, 0.4) is 0 Å². The average molecular weight is 360 g/mol. The van der Waals surface area contributed by atoms with Crippen LogP contribution in [0.2, 0.25) is 5.02 Å². The van der Waals surface area contributed by atoms with Gasteiger partial charge in [-0.3, -0.25) is 9.59 Å². The van der Waals surface area contributed by atoms with Gasteiger partial charge in [0.25, 0.3) is 5.91 Å². The van der Waals surface area contributed by atoms with Gasteiger partial charge in [-0.2, -0.15) is 0 Å². The zero-order valence-corrected chi connectivity index (χ0v) is 14.7. The number of hydrogen-bond donors (Lipinski definition) is 3. The number of carbonyl (C=O) groups excluding carboxylic acids is 2. The molecule has 0 radical (unpaired) electrons. The zero-order valence-electron chi connectivity index (χ0n) is 13.2. The second kappa shape index (κ2) is 9.75. The Labute approximate surface area is 148 Å². The van der Waals surface area contributed by atoms with E-state index in [2.05, 4.69) is 16.0 Å². The third-order valence-corrected chi connectivity index (χ3v) is 4.04. The lowest BCUT2D eigenvalue weighted by Crippen LogP contribution is -2.34. The highest BCUT2D eigenvalue weighted by Crippen LogP contribution is 2.22. The summed E-state index contributed by atoms with van der Waals surface area (Å²) in [4.78, 5) is 24.1. The molecule has 1 heterocycles. The van der Waals surface area contributed by atoms with Crippen molar-refractivity contribution in [2.45, 2.75) is 26.2 Å². The predicted octanol–water partition coefficient (Wildman–Crippen LogP) is 2.84. The van der Waals surface area contributed by atoms with Crippen LogP contribution in [0.1, 0.15) is 36.5 Å². The van der Waals surface area contributed by atoms with Crippen LogP contribution in [-0.2, 0) is 4.79 Å². The van der Waals surface area contributed by atoms with Gasteiger partial charge in [0, 0.05) is 18.2 Å². The molecule has 0 unspecified atom stereocenters. The van der Waals surface area contributed by atoms with Crippen molar-refractivity contribution in [3.63, 3.8) is 0 Å². The Balaban J connectivity index is 0.00000264. The van der Waals surface area contributed by atoms with Crippen molar-refractivity contribution in [3.05, 3.63) is 28.8 Å². The number of anilines is 1. The summed E-state index contributed by atoms with van der Waals surface area (Å²) in [6.07, 6.45) is 2.56. The molecule has 1 aromatic carbocycles. The van der Waals surface area contributed by atoms with E-state index in [1.165, 1.54) is 0 Å². The molecule has 0 bridgehead atoms. The molecule has 1 aliphatic heterocycles. The minimum absolute atomic E-state index is 0. The third-order valence-electron chi connectivity index (χ3n) is 3.73. The number of halogens is 2. The highest BCUT2D eigenvalue weighted by molar-refractivity contribution is 6.34. The lowest BCUT2D eigenvalue weighted by Gasteiger charge is -2.21. The summed E-state index contributed by atoms with van der Waals surface area (Å²) in [6, 6.07) is 4.98. The highest BCUT2D eigenvalue weighted by atomic mass is 35.5. The van der Waals surface area contributed by atoms with Gasteiger partial charge in [0.15, 0.2) is 0 Å². The predicted molar refractivity (Wildman–Crippen MR) is 95.5 cm³/mol. The lowest BCUT2D eigenvalue weighted by atomic mass is 9.97. The molecular formula is C16H23Cl2N3O2. The number of hydrogen-bond acceptors (Lipinski definition) is 3. The largest absolute Gasteiger partial charge is 0.352 e. The van der Waals surface area contributed by atoms with Gasteiger partial charge >= 0.3 is 0 Å². The fourth-order valence-corrected chi connectivity index (χ4v) is 2.71. The molecule has 1 aliphatic rings. The number of amides is 2. The van der Waals surface area contributed by atoms with Gasteiger partial charge < -0.3 is 16.0 Å². The number of carbonyl (C=O) groups is 2. The Morgan fingerprint density at radius 3 is 2.61 bits per heavy atom. The van der Waals surface area contributed by atoms with Crippen molar-refractivity contribution in [2.75, 3.05) is 25.0 Å². The fourth-order valence-electron chi connectivity index (χ4n) is 2.44. The first-order chi connectivity index (χ1) is 10.6. The van der Waals surface area contributed by atoms with Crippen LogP contribution < -0.4 is 16.0 Å². The minimum atomic E-state index is -0.192. The molecule has 0 saturated carbocycles. The van der Waals surface area contributed by atoms with Crippen molar-refractivity contribution in [3.8, 4) is 0 Å². The van der Waals surface area contributed by atoms with E-state index in [0.717, 1.165) is 32.4 Å². The molecule has 23 heavy (non-hydrogen) atoms. The van der Waals surface area contributed by atoms with Crippen molar-refractivity contribution < 1.29 is 9.59 Å². The Bertz CT molecular complexity index is 546. The standard InChI is InChI=1S/C16H22ClN3O2.ClH/c1-2-7-19-16(22)13-4-3-12(10-14(13)17)20-15(21)11-5-8-18-9-6-11;/h3-4,10-11,18H,2,5-9H2,1H3,(H,19,22)(H,20,21);1H. The maximum Gasteiger partial charge on any atom is 0.252 e. The lowest BCUT2D eigenvalue weighted by molar-refractivity contribution is -0.120. The van der Waals surface area contributed by atoms with E-state index in [9.17, 15) is 9.59 Å². The van der Waals surface area contributed by atoms with Gasteiger partial charge in [-0.25, -0.2) is 0 Å². The van der Waals surface area contributed by atoms with Crippen molar-refractivity contribution in [1.82, 2.24) is 10.6 Å². The van der Waals surface area contributed by atoms with E-state index in [0.29, 0.717) is 22.8 Å². The fraction of sp³-hybridized carbons (Fsp3) is 0.500. The summed E-state index contributed by atoms with van der Waals surface area (Å²) in [5.41, 5.74) is 1.05. The molecule has 0 atom stereocenters. The molecule has 1 fully saturated rings. The molecule has 128 valence electrons. The van der Waals surface area contributed by atoms with E-state index in [1.807, 2.05) is 6.92 Å². The van der Waals surface area contributed by atoms with Crippen molar-refractivity contribution >= 4 is 41.5 Å². The van der Waals surface area contributed by atoms with Crippen LogP contribution in [0, 0.1) is 5.92 Å². The molecule has 5 nitrogen and oxygen atoms in total. The van der Waals surface area contributed by atoms with Crippen LogP contribution in [0.25, 0.3) is 0 Å². The number of rotatable bonds is 5. The second-order valence-electron chi connectivity index (χ2n) is 5.46. The molecule has 7 heteroatoms. The molecule has 3 N–H and O–H groups in total. The Kier molecular flexibility index (Phi) is 8.37. The normalized spacial score (nSPS) is 14.7. The first-order valence-electron chi connectivity index (χ1n) is 7.71. The highest BCUT2D eigenvalue weighted by Gasteiger charge is 2.21. The topological polar surface area (TPSA) is 70.2 Å². The maximum atomic E-state index is 12.2. The molecule has 1 aromatic rings. The van der Waals surface area contributed by atoms with Crippen molar-refractivity contribution in [1.29, 1.82) is 0 Å². The van der Waals surface area contributed by atoms with E-state index in [4.69, 9.17) is 11.6 Å². The quantitative estimate of drug-likeness (QED) is 0.756. The van der Waals surface area contributed by atoms with Gasteiger partial charge in [0.05, 0.1) is 10.6 Å². The molecule has 0 aliphatic carbocycles. The molecule has 0 aromatic heterocycles. The van der Waals surface area contributed by atoms with Gasteiger partial charge in [0.2, 0.25) is 5.91 Å². The van der Waals surface area contributed by atoms with Gasteiger partial charge in [-0.15, -0.1) is 12.4 Å². The number of benzene rings is 1. The summed E-state index contributed by atoms with van der Waals surface area (Å²) in [5.74, 6) is -0.142. The Hall–Kier alpha value is -1.30. The minimum Gasteiger partial charge on any atom is -0.352 e. The van der Waals surface area contributed by atoms with E-state index in [-0.39, 0.29) is 30.1 Å². The average Bonchev–Trinajstić information content (AvgIpc) is 2.53. The van der Waals surface area contributed by atoms with Crippen LogP contribution in [0.5, 0.6) is 0 Å². The molecule has 1 saturated heterocycles. The van der Waals surface area contributed by atoms with Crippen LogP contribution in [0.15, 0.2) is 18.2 Å². The van der Waals surface area contributed by atoms with Gasteiger partial charge in [-0.1, -0.05) is 18.5 Å². The third kappa shape index (κ3) is 5.68. The van der Waals surface area contributed by atoms with E-state index < -0.39 is 0 Å². The van der Waals surface area contributed by atoms with E-state index >= 15 is 0 Å². The molecule has 2 rings (SSSR count). The first-order valence-corrected chi connectivity index (χ1v) is 8.09. The monoisotopic (exact) mass is 359 g/mol. The maximum absolute atomic E-state index is 12.2.